The summed E-state index contributed by atoms with van der Waals surface area (Å²) in [6.07, 6.45) is 6.62. The Morgan fingerprint density at radius 1 is 1.00 bits per heavy atom. The number of hydrazone groups is 1. The van der Waals surface area contributed by atoms with E-state index in [0.717, 1.165) is 82.1 Å². The third-order valence-electron chi connectivity index (χ3n) is 7.38. The number of urea groups is 1. The highest BCUT2D eigenvalue weighted by Gasteiger charge is 2.28. The molecular weight excluding hydrogens is 518 g/mol. The Hall–Kier alpha value is -4.17. The van der Waals surface area contributed by atoms with Gasteiger partial charge in [0.2, 0.25) is 0 Å². The van der Waals surface area contributed by atoms with Crippen LogP contribution in [0.4, 0.5) is 16.2 Å². The molecule has 0 spiro atoms. The van der Waals surface area contributed by atoms with Crippen LogP contribution in [0, 0.1) is 20.8 Å². The van der Waals surface area contributed by atoms with Gasteiger partial charge in [-0.05, 0) is 88.3 Å². The van der Waals surface area contributed by atoms with Gasteiger partial charge in [-0.2, -0.15) is 5.10 Å². The number of nitrogens with zero attached hydrogens (tertiary/aromatic N) is 2. The molecule has 0 bridgehead atoms. The zero-order valence-electron chi connectivity index (χ0n) is 23.4. The van der Waals surface area contributed by atoms with Gasteiger partial charge >= 0.3 is 6.03 Å². The first kappa shape index (κ1) is 27.4. The molecule has 0 saturated heterocycles. The SMILES string of the molecule is CCc1ccccc1NC(=O)N/N=C/c1cc(C)n(-c2sc3c(c2C(=O)Nc2ccc(C)cc2)CCCC3)c1C. The fourth-order valence-corrected chi connectivity index (χ4v) is 6.76. The lowest BCUT2D eigenvalue weighted by Crippen LogP contribution is -2.24. The summed E-state index contributed by atoms with van der Waals surface area (Å²) in [6.45, 7) is 8.14. The minimum absolute atomic E-state index is 0.0772. The molecule has 8 heteroatoms. The molecule has 40 heavy (non-hydrogen) atoms. The van der Waals surface area contributed by atoms with Crippen molar-refractivity contribution in [2.75, 3.05) is 10.6 Å². The van der Waals surface area contributed by atoms with Gasteiger partial charge in [0.15, 0.2) is 0 Å². The lowest BCUT2D eigenvalue weighted by molar-refractivity contribution is 0.102. The topological polar surface area (TPSA) is 87.5 Å². The van der Waals surface area contributed by atoms with Crippen LogP contribution in [0.25, 0.3) is 5.00 Å². The van der Waals surface area contributed by atoms with Crippen molar-refractivity contribution < 1.29 is 9.59 Å². The summed E-state index contributed by atoms with van der Waals surface area (Å²) in [5, 5.41) is 11.1. The number of carbonyl (C=O) groups excluding carboxylic acids is 2. The first-order chi connectivity index (χ1) is 19.4. The van der Waals surface area contributed by atoms with Gasteiger partial charge in [0.05, 0.1) is 11.8 Å². The molecule has 0 fully saturated rings. The summed E-state index contributed by atoms with van der Waals surface area (Å²) < 4.78 is 2.14. The van der Waals surface area contributed by atoms with Crippen LogP contribution in [0.5, 0.6) is 0 Å². The van der Waals surface area contributed by atoms with Gasteiger partial charge in [0, 0.05) is 33.2 Å². The maximum atomic E-state index is 13.7. The Balaban J connectivity index is 1.40. The maximum Gasteiger partial charge on any atom is 0.339 e. The van der Waals surface area contributed by atoms with E-state index in [2.05, 4.69) is 25.7 Å². The molecule has 1 aliphatic carbocycles. The van der Waals surface area contributed by atoms with Crippen LogP contribution in [0.15, 0.2) is 59.7 Å². The molecule has 5 rings (SSSR count). The van der Waals surface area contributed by atoms with E-state index < -0.39 is 6.03 Å². The van der Waals surface area contributed by atoms with Crippen molar-refractivity contribution >= 4 is 40.9 Å². The number of aromatic nitrogens is 1. The first-order valence-electron chi connectivity index (χ1n) is 13.8. The zero-order valence-corrected chi connectivity index (χ0v) is 24.2. The average molecular weight is 554 g/mol. The van der Waals surface area contributed by atoms with Crippen molar-refractivity contribution in [3.8, 4) is 5.00 Å². The molecule has 0 radical (unpaired) electrons. The number of carbonyl (C=O) groups is 2. The summed E-state index contributed by atoms with van der Waals surface area (Å²) in [6, 6.07) is 17.2. The van der Waals surface area contributed by atoms with E-state index in [1.165, 1.54) is 10.4 Å². The molecule has 0 aliphatic heterocycles. The van der Waals surface area contributed by atoms with Crippen LogP contribution in [0.1, 0.15) is 68.6 Å². The standard InChI is InChI=1S/C32H35N5O2S/c1-5-23-10-6-8-12-27(23)35-32(39)36-33-19-24-18-21(3)37(22(24)4)31-29(26-11-7-9-13-28(26)40-31)30(38)34-25-16-14-20(2)15-17-25/h6,8,10,12,14-19H,5,7,9,11,13H2,1-4H3,(H,34,38)(H2,35,36,39)/b33-19+. The molecule has 3 amide bonds. The molecule has 2 aromatic heterocycles. The maximum absolute atomic E-state index is 13.7. The number of nitrogens with one attached hydrogen (secondary N) is 3. The van der Waals surface area contributed by atoms with E-state index in [0.29, 0.717) is 0 Å². The number of fused-ring (bicyclic) bond motifs is 1. The molecule has 0 unspecified atom stereocenters. The minimum Gasteiger partial charge on any atom is -0.322 e. The van der Waals surface area contributed by atoms with E-state index in [-0.39, 0.29) is 5.91 Å². The van der Waals surface area contributed by atoms with Crippen LogP contribution in [-0.2, 0) is 19.3 Å². The smallest absolute Gasteiger partial charge is 0.322 e. The first-order valence-corrected chi connectivity index (χ1v) is 14.6. The molecule has 0 saturated carbocycles. The van der Waals surface area contributed by atoms with E-state index in [1.54, 1.807) is 17.6 Å². The number of hydrogen-bond donors (Lipinski definition) is 3. The highest BCUT2D eigenvalue weighted by Crippen LogP contribution is 2.39. The molecule has 2 heterocycles. The zero-order chi connectivity index (χ0) is 28.2. The second-order valence-electron chi connectivity index (χ2n) is 10.2. The molecule has 4 aromatic rings. The number of rotatable bonds is 7. The molecule has 1 aliphatic rings. The Kier molecular flexibility index (Phi) is 8.16. The minimum atomic E-state index is -0.396. The van der Waals surface area contributed by atoms with Crippen LogP contribution in [0.3, 0.4) is 0 Å². The fraction of sp³-hybridized carbons (Fsp3) is 0.281. The Bertz CT molecular complexity index is 1580. The van der Waals surface area contributed by atoms with Crippen LogP contribution < -0.4 is 16.1 Å². The van der Waals surface area contributed by atoms with Gasteiger partial charge in [0.25, 0.3) is 5.91 Å². The number of benzene rings is 2. The number of aryl methyl sites for hydroxylation is 4. The Labute approximate surface area is 239 Å². The molecule has 7 nitrogen and oxygen atoms in total. The monoisotopic (exact) mass is 553 g/mol. The van der Waals surface area contributed by atoms with Crippen molar-refractivity contribution in [3.05, 3.63) is 98.7 Å². The average Bonchev–Trinajstić information content (AvgIpc) is 3.46. The highest BCUT2D eigenvalue weighted by atomic mass is 32.1. The second kappa shape index (κ2) is 11.9. The third-order valence-corrected chi connectivity index (χ3v) is 8.66. The van der Waals surface area contributed by atoms with Crippen molar-refractivity contribution in [1.82, 2.24) is 9.99 Å². The number of thiophene rings is 1. The summed E-state index contributed by atoms with van der Waals surface area (Å²) in [5.74, 6) is -0.0772. The number of para-hydroxylation sites is 1. The predicted octanol–water partition coefficient (Wildman–Crippen LogP) is 7.31. The van der Waals surface area contributed by atoms with E-state index in [1.807, 2.05) is 82.3 Å². The van der Waals surface area contributed by atoms with Crippen LogP contribution in [0.2, 0.25) is 0 Å². The van der Waals surface area contributed by atoms with Gasteiger partial charge in [-0.15, -0.1) is 11.3 Å². The Morgan fingerprint density at radius 3 is 2.52 bits per heavy atom. The van der Waals surface area contributed by atoms with E-state index in [4.69, 9.17) is 0 Å². The lowest BCUT2D eigenvalue weighted by atomic mass is 9.95. The van der Waals surface area contributed by atoms with Crippen molar-refractivity contribution in [1.29, 1.82) is 0 Å². The highest BCUT2D eigenvalue weighted by molar-refractivity contribution is 7.15. The van der Waals surface area contributed by atoms with Gasteiger partial charge in [-0.3, -0.25) is 4.79 Å². The van der Waals surface area contributed by atoms with Crippen molar-refractivity contribution in [3.63, 3.8) is 0 Å². The van der Waals surface area contributed by atoms with Gasteiger partial charge in [-0.25, -0.2) is 10.2 Å². The molecule has 2 aromatic carbocycles. The van der Waals surface area contributed by atoms with E-state index >= 15 is 0 Å². The molecule has 206 valence electrons. The number of amides is 3. The number of hydrogen-bond acceptors (Lipinski definition) is 4. The van der Waals surface area contributed by atoms with Gasteiger partial charge in [-0.1, -0.05) is 42.8 Å². The summed E-state index contributed by atoms with van der Waals surface area (Å²) in [7, 11) is 0. The van der Waals surface area contributed by atoms with Crippen LogP contribution >= 0.6 is 11.3 Å². The Morgan fingerprint density at radius 2 is 1.75 bits per heavy atom. The summed E-state index contributed by atoms with van der Waals surface area (Å²) >= 11 is 1.71. The largest absolute Gasteiger partial charge is 0.339 e. The third kappa shape index (κ3) is 5.72. The predicted molar refractivity (Wildman–Crippen MR) is 164 cm³/mol. The van der Waals surface area contributed by atoms with E-state index in [9.17, 15) is 9.59 Å². The lowest BCUT2D eigenvalue weighted by Gasteiger charge is -2.14. The quantitative estimate of drug-likeness (QED) is 0.165. The molecule has 0 atom stereocenters. The van der Waals surface area contributed by atoms with Crippen molar-refractivity contribution in [2.45, 2.75) is 59.8 Å². The summed E-state index contributed by atoms with van der Waals surface area (Å²) in [4.78, 5) is 27.5. The van der Waals surface area contributed by atoms with Gasteiger partial charge in [0.1, 0.15) is 5.00 Å². The normalized spacial score (nSPS) is 12.8. The number of anilines is 2. The van der Waals surface area contributed by atoms with Crippen LogP contribution in [-0.4, -0.2) is 22.7 Å². The van der Waals surface area contributed by atoms with Gasteiger partial charge < -0.3 is 15.2 Å². The molecular formula is C32H35N5O2S. The van der Waals surface area contributed by atoms with Crippen molar-refractivity contribution in [2.24, 2.45) is 5.10 Å². The second-order valence-corrected chi connectivity index (χ2v) is 11.3. The molecule has 3 N–H and O–H groups in total. The summed E-state index contributed by atoms with van der Waals surface area (Å²) in [5.41, 5.74) is 11.1. The fourth-order valence-electron chi connectivity index (χ4n) is 5.27.